The number of benzene rings is 10. The van der Waals surface area contributed by atoms with Gasteiger partial charge in [-0.2, -0.15) is 0 Å². The van der Waals surface area contributed by atoms with Crippen LogP contribution in [0.4, 0.5) is 17.1 Å². The normalized spacial score (nSPS) is 11.9. The van der Waals surface area contributed by atoms with Crippen LogP contribution in [0.3, 0.4) is 0 Å². The Morgan fingerprint density at radius 1 is 0.351 bits per heavy atom. The van der Waals surface area contributed by atoms with E-state index >= 15 is 0 Å². The Morgan fingerprint density at radius 2 is 1.02 bits per heavy atom. The predicted octanol–water partition coefficient (Wildman–Crippen LogP) is 15.7. The smallest absolute Gasteiger partial charge is 0.0562 e. The van der Waals surface area contributed by atoms with Crippen LogP contribution in [0.2, 0.25) is 0 Å². The molecule has 0 atom stereocenters. The van der Waals surface area contributed by atoms with Crippen LogP contribution >= 0.6 is 11.3 Å². The molecule has 0 N–H and O–H groups in total. The average molecular weight is 743 g/mol. The van der Waals surface area contributed by atoms with Crippen molar-refractivity contribution >= 4 is 103 Å². The fourth-order valence-corrected chi connectivity index (χ4v) is 10.3. The molecule has 0 radical (unpaired) electrons. The van der Waals surface area contributed by atoms with Crippen LogP contribution in [-0.2, 0) is 0 Å². The number of aromatic nitrogens is 1. The summed E-state index contributed by atoms with van der Waals surface area (Å²) in [7, 11) is 0. The monoisotopic (exact) mass is 742 g/mol. The Balaban J connectivity index is 1.07. The van der Waals surface area contributed by atoms with Crippen LogP contribution in [0.25, 0.3) is 91.1 Å². The van der Waals surface area contributed by atoms with Crippen molar-refractivity contribution < 1.29 is 0 Å². The molecule has 0 aliphatic carbocycles. The topological polar surface area (TPSA) is 8.17 Å². The molecular formula is C54H34N2S. The maximum Gasteiger partial charge on any atom is 0.0562 e. The summed E-state index contributed by atoms with van der Waals surface area (Å²) in [5, 5.41) is 12.7. The first-order valence-corrected chi connectivity index (χ1v) is 20.3. The van der Waals surface area contributed by atoms with Gasteiger partial charge in [0.1, 0.15) is 0 Å². The summed E-state index contributed by atoms with van der Waals surface area (Å²) < 4.78 is 5.01. The standard InChI is InChI=1S/C54H34N2S/c1-3-14-39(15-4-1)55(42-26-29-47-50(34-42)56(40-16-5-2-6-17-40)49-30-25-36-13-8-10-19-45(36)53(47)49)41-27-31-51-48(33-41)54-46(20-11-21-52(54)57-51)38-24-28-44-37(32-38)23-22-35-12-7-9-18-43(35)44/h1-34H. The van der Waals surface area contributed by atoms with Gasteiger partial charge in [0, 0.05) is 53.7 Å². The Hall–Kier alpha value is -7.20. The summed E-state index contributed by atoms with van der Waals surface area (Å²) in [4.78, 5) is 2.41. The fraction of sp³-hybridized carbons (Fsp3) is 0. The first-order chi connectivity index (χ1) is 28.3. The number of para-hydroxylation sites is 2. The van der Waals surface area contributed by atoms with Crippen molar-refractivity contribution in [3.63, 3.8) is 0 Å². The van der Waals surface area contributed by atoms with Gasteiger partial charge in [-0.25, -0.2) is 0 Å². The molecule has 2 heterocycles. The lowest BCUT2D eigenvalue weighted by Gasteiger charge is -2.26. The lowest BCUT2D eigenvalue weighted by molar-refractivity contribution is 1.18. The first-order valence-electron chi connectivity index (χ1n) is 19.5. The van der Waals surface area contributed by atoms with E-state index in [2.05, 4.69) is 216 Å². The molecule has 2 nitrogen and oxygen atoms in total. The third-order valence-electron chi connectivity index (χ3n) is 11.7. The van der Waals surface area contributed by atoms with E-state index in [1.165, 1.54) is 85.4 Å². The van der Waals surface area contributed by atoms with Crippen LogP contribution in [0.15, 0.2) is 206 Å². The molecule has 3 heteroatoms. The summed E-state index contributed by atoms with van der Waals surface area (Å²) >= 11 is 1.87. The zero-order chi connectivity index (χ0) is 37.5. The molecule has 0 unspecified atom stereocenters. The van der Waals surface area contributed by atoms with Crippen molar-refractivity contribution in [2.75, 3.05) is 4.90 Å². The van der Waals surface area contributed by atoms with E-state index in [0.29, 0.717) is 0 Å². The molecule has 10 aromatic carbocycles. The number of nitrogens with zero attached hydrogens (tertiary/aromatic N) is 2. The average Bonchev–Trinajstić information content (AvgIpc) is 3.82. The maximum atomic E-state index is 2.43. The number of hydrogen-bond donors (Lipinski definition) is 0. The molecule has 0 fully saturated rings. The zero-order valence-corrected chi connectivity index (χ0v) is 31.7. The summed E-state index contributed by atoms with van der Waals surface area (Å²) in [6, 6.07) is 75.7. The van der Waals surface area contributed by atoms with Gasteiger partial charge in [0.2, 0.25) is 0 Å². The molecule has 0 saturated heterocycles. The van der Waals surface area contributed by atoms with Crippen molar-refractivity contribution in [3.8, 4) is 16.8 Å². The highest BCUT2D eigenvalue weighted by atomic mass is 32.1. The van der Waals surface area contributed by atoms with Gasteiger partial charge in [-0.1, -0.05) is 133 Å². The van der Waals surface area contributed by atoms with Crippen LogP contribution in [0.5, 0.6) is 0 Å². The molecule has 0 amide bonds. The van der Waals surface area contributed by atoms with E-state index in [1.54, 1.807) is 0 Å². The van der Waals surface area contributed by atoms with Gasteiger partial charge in [0.25, 0.3) is 0 Å². The van der Waals surface area contributed by atoms with Gasteiger partial charge in [0.15, 0.2) is 0 Å². The van der Waals surface area contributed by atoms with E-state index in [0.717, 1.165) is 22.7 Å². The van der Waals surface area contributed by atoms with Crippen LogP contribution in [0, 0.1) is 0 Å². The number of rotatable bonds is 5. The number of thiophene rings is 1. The largest absolute Gasteiger partial charge is 0.310 e. The summed E-state index contributed by atoms with van der Waals surface area (Å²) in [5.41, 5.74) is 9.39. The van der Waals surface area contributed by atoms with E-state index < -0.39 is 0 Å². The Labute approximate surface area is 333 Å². The number of anilines is 3. The van der Waals surface area contributed by atoms with Crippen molar-refractivity contribution in [2.45, 2.75) is 0 Å². The van der Waals surface area contributed by atoms with Gasteiger partial charge in [-0.15, -0.1) is 11.3 Å². The van der Waals surface area contributed by atoms with E-state index in [9.17, 15) is 0 Å². The Morgan fingerprint density at radius 3 is 1.88 bits per heavy atom. The summed E-state index contributed by atoms with van der Waals surface area (Å²) in [5.74, 6) is 0. The molecule has 0 aliphatic rings. The summed E-state index contributed by atoms with van der Waals surface area (Å²) in [6.07, 6.45) is 0. The minimum Gasteiger partial charge on any atom is -0.310 e. The fourth-order valence-electron chi connectivity index (χ4n) is 9.17. The van der Waals surface area contributed by atoms with E-state index in [4.69, 9.17) is 0 Å². The third kappa shape index (κ3) is 5.03. The van der Waals surface area contributed by atoms with Crippen LogP contribution < -0.4 is 4.90 Å². The Kier molecular flexibility index (Phi) is 7.13. The van der Waals surface area contributed by atoms with Gasteiger partial charge < -0.3 is 9.47 Å². The lowest BCUT2D eigenvalue weighted by Crippen LogP contribution is -2.10. The summed E-state index contributed by atoms with van der Waals surface area (Å²) in [6.45, 7) is 0. The second-order valence-corrected chi connectivity index (χ2v) is 16.0. The molecule has 12 rings (SSSR count). The lowest BCUT2D eigenvalue weighted by atomic mass is 9.95. The van der Waals surface area contributed by atoms with Crippen molar-refractivity contribution in [2.24, 2.45) is 0 Å². The second-order valence-electron chi connectivity index (χ2n) is 14.9. The molecule has 0 saturated carbocycles. The molecule has 57 heavy (non-hydrogen) atoms. The van der Waals surface area contributed by atoms with E-state index in [-0.39, 0.29) is 0 Å². The molecule has 0 aliphatic heterocycles. The van der Waals surface area contributed by atoms with E-state index in [1.807, 2.05) is 11.3 Å². The van der Waals surface area contributed by atoms with Crippen LogP contribution in [0.1, 0.15) is 0 Å². The first kappa shape index (κ1) is 32.1. The molecule has 266 valence electrons. The highest BCUT2D eigenvalue weighted by Gasteiger charge is 2.20. The minimum absolute atomic E-state index is 1.11. The number of fused-ring (bicyclic) bond motifs is 11. The molecule has 2 aromatic heterocycles. The van der Waals surface area contributed by atoms with Gasteiger partial charge in [0.05, 0.1) is 11.0 Å². The quantitative estimate of drug-likeness (QED) is 0.159. The number of hydrogen-bond acceptors (Lipinski definition) is 2. The van der Waals surface area contributed by atoms with Gasteiger partial charge in [-0.3, -0.25) is 0 Å². The maximum absolute atomic E-state index is 2.43. The van der Waals surface area contributed by atoms with Crippen molar-refractivity contribution in [3.05, 3.63) is 206 Å². The predicted molar refractivity (Wildman–Crippen MR) is 246 cm³/mol. The van der Waals surface area contributed by atoms with Gasteiger partial charge in [-0.05, 0) is 116 Å². The van der Waals surface area contributed by atoms with Crippen molar-refractivity contribution in [1.82, 2.24) is 4.57 Å². The van der Waals surface area contributed by atoms with Crippen molar-refractivity contribution in [1.29, 1.82) is 0 Å². The molecule has 0 spiro atoms. The second kappa shape index (κ2) is 12.7. The molecule has 0 bridgehead atoms. The molecular weight excluding hydrogens is 709 g/mol. The van der Waals surface area contributed by atoms with Crippen LogP contribution in [-0.4, -0.2) is 4.57 Å². The SMILES string of the molecule is c1ccc(N(c2ccc3sc4cccc(-c5ccc6c(ccc7ccccc76)c5)c4c3c2)c2ccc3c4c5ccccc5ccc4n(-c4ccccc4)c3c2)cc1. The highest BCUT2D eigenvalue weighted by Crippen LogP contribution is 2.46. The van der Waals surface area contributed by atoms with Gasteiger partial charge >= 0.3 is 0 Å². The molecule has 12 aromatic rings. The minimum atomic E-state index is 1.11. The Bertz CT molecular complexity index is 3520. The zero-order valence-electron chi connectivity index (χ0n) is 30.9. The highest BCUT2D eigenvalue weighted by molar-refractivity contribution is 7.26. The third-order valence-corrected chi connectivity index (χ3v) is 12.9.